The van der Waals surface area contributed by atoms with Crippen molar-refractivity contribution in [3.8, 4) is 0 Å². The van der Waals surface area contributed by atoms with Gasteiger partial charge < -0.3 is 15.1 Å². The summed E-state index contributed by atoms with van der Waals surface area (Å²) in [7, 11) is 0. The van der Waals surface area contributed by atoms with Crippen LogP contribution in [0.15, 0.2) is 42.6 Å². The highest BCUT2D eigenvalue weighted by Crippen LogP contribution is 2.23. The third kappa shape index (κ3) is 4.86. The molecule has 0 radical (unpaired) electrons. The second-order valence-electron chi connectivity index (χ2n) is 7.99. The summed E-state index contributed by atoms with van der Waals surface area (Å²) in [6.45, 7) is 2.43. The molecule has 4 rings (SSSR count). The number of amides is 1. The SMILES string of the molecule is O=C(c1ccnc(NC2CCCCCC2)c1)N1CCN(c2ccccc2F)CC1. The van der Waals surface area contributed by atoms with E-state index in [1.165, 1.54) is 31.7 Å². The van der Waals surface area contributed by atoms with Crippen LogP contribution in [-0.2, 0) is 0 Å². The highest BCUT2D eigenvalue weighted by atomic mass is 19.1. The molecule has 0 unspecified atom stereocenters. The molecule has 1 amide bonds. The molecule has 2 fully saturated rings. The van der Waals surface area contributed by atoms with Crippen LogP contribution in [0, 0.1) is 5.82 Å². The van der Waals surface area contributed by atoms with Crippen LogP contribution in [0.5, 0.6) is 0 Å². The lowest BCUT2D eigenvalue weighted by atomic mass is 10.1. The molecule has 5 nitrogen and oxygen atoms in total. The van der Waals surface area contributed by atoms with Crippen molar-refractivity contribution in [1.29, 1.82) is 0 Å². The molecule has 2 heterocycles. The smallest absolute Gasteiger partial charge is 0.254 e. The lowest BCUT2D eigenvalue weighted by Gasteiger charge is -2.36. The quantitative estimate of drug-likeness (QED) is 0.782. The van der Waals surface area contributed by atoms with Gasteiger partial charge in [-0.3, -0.25) is 4.79 Å². The fourth-order valence-electron chi connectivity index (χ4n) is 4.32. The number of rotatable bonds is 4. The second kappa shape index (κ2) is 9.25. The number of carbonyl (C=O) groups excluding carboxylic acids is 1. The second-order valence-corrected chi connectivity index (χ2v) is 7.99. The number of para-hydroxylation sites is 1. The van der Waals surface area contributed by atoms with Crippen LogP contribution in [0.4, 0.5) is 15.9 Å². The molecule has 1 saturated carbocycles. The lowest BCUT2D eigenvalue weighted by molar-refractivity contribution is 0.0746. The van der Waals surface area contributed by atoms with E-state index in [2.05, 4.69) is 10.3 Å². The van der Waals surface area contributed by atoms with Gasteiger partial charge in [-0.1, -0.05) is 37.8 Å². The van der Waals surface area contributed by atoms with E-state index in [0.717, 1.165) is 18.7 Å². The molecule has 29 heavy (non-hydrogen) atoms. The van der Waals surface area contributed by atoms with Gasteiger partial charge in [-0.05, 0) is 37.1 Å². The van der Waals surface area contributed by atoms with Gasteiger partial charge in [-0.25, -0.2) is 9.37 Å². The van der Waals surface area contributed by atoms with E-state index >= 15 is 0 Å². The topological polar surface area (TPSA) is 48.5 Å². The van der Waals surface area contributed by atoms with Gasteiger partial charge in [0.05, 0.1) is 5.69 Å². The number of halogens is 1. The molecule has 0 spiro atoms. The van der Waals surface area contributed by atoms with Crippen LogP contribution < -0.4 is 10.2 Å². The van der Waals surface area contributed by atoms with E-state index in [1.807, 2.05) is 21.9 Å². The number of aromatic nitrogens is 1. The van der Waals surface area contributed by atoms with Gasteiger partial charge in [0.2, 0.25) is 0 Å². The average Bonchev–Trinajstić information content (AvgIpc) is 3.03. The minimum Gasteiger partial charge on any atom is -0.367 e. The molecular weight excluding hydrogens is 367 g/mol. The van der Waals surface area contributed by atoms with Crippen LogP contribution >= 0.6 is 0 Å². The molecule has 1 aliphatic carbocycles. The van der Waals surface area contributed by atoms with Gasteiger partial charge in [0.15, 0.2) is 0 Å². The molecule has 154 valence electrons. The van der Waals surface area contributed by atoms with Gasteiger partial charge in [-0.15, -0.1) is 0 Å². The molecule has 2 aromatic rings. The van der Waals surface area contributed by atoms with E-state index in [4.69, 9.17) is 0 Å². The Hall–Kier alpha value is -2.63. The van der Waals surface area contributed by atoms with Crippen molar-refractivity contribution in [2.24, 2.45) is 0 Å². The number of anilines is 2. The van der Waals surface area contributed by atoms with E-state index in [1.54, 1.807) is 24.4 Å². The summed E-state index contributed by atoms with van der Waals surface area (Å²) in [5.41, 5.74) is 1.27. The third-order valence-electron chi connectivity index (χ3n) is 5.97. The van der Waals surface area contributed by atoms with Gasteiger partial charge in [-0.2, -0.15) is 0 Å². The third-order valence-corrected chi connectivity index (χ3v) is 5.97. The number of pyridine rings is 1. The molecule has 0 atom stereocenters. The maximum absolute atomic E-state index is 14.0. The van der Waals surface area contributed by atoms with Gasteiger partial charge >= 0.3 is 0 Å². The molecule has 1 aromatic heterocycles. The van der Waals surface area contributed by atoms with Crippen LogP contribution in [0.1, 0.15) is 48.9 Å². The minimum atomic E-state index is -0.212. The number of carbonyl (C=O) groups is 1. The highest BCUT2D eigenvalue weighted by Gasteiger charge is 2.24. The molecular formula is C23H29FN4O. The molecule has 1 N–H and O–H groups in total. The Kier molecular flexibility index (Phi) is 6.27. The van der Waals surface area contributed by atoms with Crippen LogP contribution in [0.25, 0.3) is 0 Å². The zero-order valence-corrected chi connectivity index (χ0v) is 16.8. The number of nitrogens with one attached hydrogen (secondary N) is 1. The summed E-state index contributed by atoms with van der Waals surface area (Å²) >= 11 is 0. The molecule has 0 bridgehead atoms. The normalized spacial score (nSPS) is 18.4. The number of hydrogen-bond donors (Lipinski definition) is 1. The zero-order chi connectivity index (χ0) is 20.1. The number of nitrogens with zero attached hydrogens (tertiary/aromatic N) is 3. The first-order valence-electron chi connectivity index (χ1n) is 10.7. The molecule has 1 aliphatic heterocycles. The Bertz CT molecular complexity index is 827. The van der Waals surface area contributed by atoms with Gasteiger partial charge in [0.1, 0.15) is 11.6 Å². The van der Waals surface area contributed by atoms with E-state index in [-0.39, 0.29) is 11.7 Å². The zero-order valence-electron chi connectivity index (χ0n) is 16.8. The van der Waals surface area contributed by atoms with Crippen LogP contribution in [0.3, 0.4) is 0 Å². The van der Waals surface area contributed by atoms with Crippen molar-refractivity contribution < 1.29 is 9.18 Å². The highest BCUT2D eigenvalue weighted by molar-refractivity contribution is 5.95. The largest absolute Gasteiger partial charge is 0.367 e. The Balaban J connectivity index is 1.37. The Morgan fingerprint density at radius 3 is 2.45 bits per heavy atom. The van der Waals surface area contributed by atoms with Crippen molar-refractivity contribution in [3.05, 3.63) is 54.0 Å². The van der Waals surface area contributed by atoms with Crippen molar-refractivity contribution >= 4 is 17.4 Å². The minimum absolute atomic E-state index is 0.0181. The fraction of sp³-hybridized carbons (Fsp3) is 0.478. The predicted octanol–water partition coefficient (Wildman–Crippen LogP) is 4.32. The molecule has 1 aromatic carbocycles. The van der Waals surface area contributed by atoms with Gasteiger partial charge in [0, 0.05) is 44.0 Å². The predicted molar refractivity (Wildman–Crippen MR) is 114 cm³/mol. The monoisotopic (exact) mass is 396 g/mol. The Morgan fingerprint density at radius 2 is 1.72 bits per heavy atom. The van der Waals surface area contributed by atoms with E-state index in [0.29, 0.717) is 43.5 Å². The maximum atomic E-state index is 14.0. The average molecular weight is 397 g/mol. The van der Waals surface area contributed by atoms with Crippen molar-refractivity contribution in [2.45, 2.75) is 44.6 Å². The standard InChI is InChI=1S/C23H29FN4O/c24-20-9-5-6-10-21(20)27-13-15-28(16-14-27)23(29)18-11-12-25-22(17-18)26-19-7-3-1-2-4-8-19/h5-6,9-12,17,19H,1-4,7-8,13-16H2,(H,25,26). The van der Waals surface area contributed by atoms with Crippen LogP contribution in [-0.4, -0.2) is 48.0 Å². The van der Waals surface area contributed by atoms with Gasteiger partial charge in [0.25, 0.3) is 5.91 Å². The molecule has 2 aliphatic rings. The first-order valence-corrected chi connectivity index (χ1v) is 10.7. The van der Waals surface area contributed by atoms with Crippen molar-refractivity contribution in [3.63, 3.8) is 0 Å². The Labute approximate surface area is 171 Å². The summed E-state index contributed by atoms with van der Waals surface area (Å²) in [6, 6.07) is 10.9. The summed E-state index contributed by atoms with van der Waals surface area (Å²) in [5, 5.41) is 3.52. The number of piperazine rings is 1. The number of hydrogen-bond acceptors (Lipinski definition) is 4. The van der Waals surface area contributed by atoms with E-state index < -0.39 is 0 Å². The summed E-state index contributed by atoms with van der Waals surface area (Å²) in [5.74, 6) is 0.591. The van der Waals surface area contributed by atoms with E-state index in [9.17, 15) is 9.18 Å². The summed E-state index contributed by atoms with van der Waals surface area (Å²) < 4.78 is 14.0. The van der Waals surface area contributed by atoms with Crippen molar-refractivity contribution in [2.75, 3.05) is 36.4 Å². The lowest BCUT2D eigenvalue weighted by Crippen LogP contribution is -2.49. The Morgan fingerprint density at radius 1 is 1.00 bits per heavy atom. The van der Waals surface area contributed by atoms with Crippen LogP contribution in [0.2, 0.25) is 0 Å². The molecule has 1 saturated heterocycles. The fourth-order valence-corrected chi connectivity index (χ4v) is 4.32. The first kappa shape index (κ1) is 19.7. The summed E-state index contributed by atoms with van der Waals surface area (Å²) in [6.07, 6.45) is 9.16. The molecule has 6 heteroatoms. The van der Waals surface area contributed by atoms with Crippen molar-refractivity contribution in [1.82, 2.24) is 9.88 Å². The number of benzene rings is 1. The summed E-state index contributed by atoms with van der Waals surface area (Å²) in [4.78, 5) is 21.3. The first-order chi connectivity index (χ1) is 14.2. The maximum Gasteiger partial charge on any atom is 0.254 e.